The molecule has 0 saturated carbocycles. The molecular formula is C16H20FNO2. The highest BCUT2D eigenvalue weighted by atomic mass is 19.1. The van der Waals surface area contributed by atoms with E-state index in [1.807, 2.05) is 13.8 Å². The van der Waals surface area contributed by atoms with Gasteiger partial charge < -0.3 is 10.4 Å². The topological polar surface area (TPSA) is 49.3 Å². The number of hydrogen-bond acceptors (Lipinski definition) is 2. The summed E-state index contributed by atoms with van der Waals surface area (Å²) < 4.78 is 13.5. The zero-order valence-corrected chi connectivity index (χ0v) is 11.9. The van der Waals surface area contributed by atoms with Gasteiger partial charge in [0.1, 0.15) is 5.82 Å². The minimum absolute atomic E-state index is 0.0380. The third kappa shape index (κ3) is 4.67. The highest BCUT2D eigenvalue weighted by molar-refractivity contribution is 5.92. The first-order chi connectivity index (χ1) is 9.62. The third-order valence-corrected chi connectivity index (χ3v) is 3.05. The van der Waals surface area contributed by atoms with Gasteiger partial charge in [-0.25, -0.2) is 4.39 Å². The standard InChI is InChI=1S/C16H20FNO2/c1-3-12(4-2)16(20)18-14-8-9-15(17)13(11-14)7-5-6-10-19/h8-9,11-12,19H,3-4,6,10H2,1-2H3,(H,18,20). The lowest BCUT2D eigenvalue weighted by atomic mass is 10.0. The fourth-order valence-corrected chi connectivity index (χ4v) is 1.82. The van der Waals surface area contributed by atoms with Gasteiger partial charge >= 0.3 is 0 Å². The minimum Gasteiger partial charge on any atom is -0.395 e. The summed E-state index contributed by atoms with van der Waals surface area (Å²) >= 11 is 0. The minimum atomic E-state index is -0.434. The van der Waals surface area contributed by atoms with Gasteiger partial charge in [-0.15, -0.1) is 0 Å². The summed E-state index contributed by atoms with van der Waals surface area (Å²) in [4.78, 5) is 12.0. The number of hydrogen-bond donors (Lipinski definition) is 2. The predicted octanol–water partition coefficient (Wildman–Crippen LogP) is 2.93. The zero-order chi connectivity index (χ0) is 15.0. The molecule has 3 nitrogen and oxygen atoms in total. The Balaban J connectivity index is 2.85. The van der Waals surface area contributed by atoms with Crippen molar-refractivity contribution in [2.24, 2.45) is 5.92 Å². The highest BCUT2D eigenvalue weighted by Crippen LogP contribution is 2.16. The molecule has 1 aromatic rings. The monoisotopic (exact) mass is 277 g/mol. The van der Waals surface area contributed by atoms with Crippen molar-refractivity contribution in [3.8, 4) is 11.8 Å². The molecule has 1 aromatic carbocycles. The quantitative estimate of drug-likeness (QED) is 0.813. The second-order valence-electron chi connectivity index (χ2n) is 4.47. The van der Waals surface area contributed by atoms with Crippen LogP contribution in [0.3, 0.4) is 0 Å². The molecule has 108 valence electrons. The van der Waals surface area contributed by atoms with Crippen molar-refractivity contribution in [2.75, 3.05) is 11.9 Å². The van der Waals surface area contributed by atoms with Gasteiger partial charge in [-0.05, 0) is 31.0 Å². The molecule has 0 heterocycles. The number of nitrogens with one attached hydrogen (secondary N) is 1. The number of benzene rings is 1. The third-order valence-electron chi connectivity index (χ3n) is 3.05. The van der Waals surface area contributed by atoms with Crippen LogP contribution in [0.2, 0.25) is 0 Å². The smallest absolute Gasteiger partial charge is 0.227 e. The normalized spacial score (nSPS) is 10.1. The highest BCUT2D eigenvalue weighted by Gasteiger charge is 2.14. The Morgan fingerprint density at radius 2 is 2.10 bits per heavy atom. The number of rotatable bonds is 5. The first-order valence-corrected chi connectivity index (χ1v) is 6.82. The summed E-state index contributed by atoms with van der Waals surface area (Å²) in [6.07, 6.45) is 1.84. The summed E-state index contributed by atoms with van der Waals surface area (Å²) in [5.74, 6) is 4.78. The Bertz CT molecular complexity index is 513. The molecule has 0 saturated heterocycles. The molecule has 0 aromatic heterocycles. The Morgan fingerprint density at radius 1 is 1.40 bits per heavy atom. The van der Waals surface area contributed by atoms with E-state index in [1.165, 1.54) is 18.2 Å². The molecule has 1 rings (SSSR count). The lowest BCUT2D eigenvalue weighted by molar-refractivity contribution is -0.120. The van der Waals surface area contributed by atoms with Gasteiger partial charge in [-0.3, -0.25) is 4.79 Å². The van der Waals surface area contributed by atoms with Crippen molar-refractivity contribution in [1.29, 1.82) is 0 Å². The number of halogens is 1. The molecule has 0 fully saturated rings. The molecule has 4 heteroatoms. The number of carbonyl (C=O) groups excluding carboxylic acids is 1. The molecule has 0 aliphatic heterocycles. The van der Waals surface area contributed by atoms with Gasteiger partial charge in [-0.2, -0.15) is 0 Å². The van der Waals surface area contributed by atoms with Crippen LogP contribution in [0, 0.1) is 23.6 Å². The van der Waals surface area contributed by atoms with Crippen molar-refractivity contribution >= 4 is 11.6 Å². The zero-order valence-electron chi connectivity index (χ0n) is 11.9. The lowest BCUT2D eigenvalue weighted by Crippen LogP contribution is -2.21. The summed E-state index contributed by atoms with van der Waals surface area (Å²) in [6, 6.07) is 4.32. The summed E-state index contributed by atoms with van der Waals surface area (Å²) in [5, 5.41) is 11.4. The maximum Gasteiger partial charge on any atom is 0.227 e. The van der Waals surface area contributed by atoms with Gasteiger partial charge in [0.15, 0.2) is 0 Å². The van der Waals surface area contributed by atoms with Gasteiger partial charge in [0, 0.05) is 18.0 Å². The Kier molecular flexibility index (Phi) is 6.75. The first kappa shape index (κ1) is 16.2. The van der Waals surface area contributed by atoms with Crippen molar-refractivity contribution in [1.82, 2.24) is 0 Å². The van der Waals surface area contributed by atoms with E-state index in [1.54, 1.807) is 0 Å². The van der Waals surface area contributed by atoms with Gasteiger partial charge in [0.2, 0.25) is 5.91 Å². The van der Waals surface area contributed by atoms with Crippen LogP contribution in [-0.2, 0) is 4.79 Å². The Hall–Kier alpha value is -1.86. The van der Waals surface area contributed by atoms with Crippen molar-refractivity contribution in [3.05, 3.63) is 29.6 Å². The second kappa shape index (κ2) is 8.34. The van der Waals surface area contributed by atoms with Crippen LogP contribution in [0.5, 0.6) is 0 Å². The molecule has 0 bridgehead atoms. The molecule has 0 aliphatic rings. The van der Waals surface area contributed by atoms with Crippen LogP contribution in [-0.4, -0.2) is 17.6 Å². The Morgan fingerprint density at radius 3 is 2.70 bits per heavy atom. The SMILES string of the molecule is CCC(CC)C(=O)Nc1ccc(F)c(C#CCCO)c1. The largest absolute Gasteiger partial charge is 0.395 e. The molecule has 0 radical (unpaired) electrons. The molecule has 2 N–H and O–H groups in total. The molecule has 0 unspecified atom stereocenters. The number of carbonyl (C=O) groups is 1. The van der Waals surface area contributed by atoms with E-state index in [0.717, 1.165) is 12.8 Å². The van der Waals surface area contributed by atoms with Crippen molar-refractivity contribution in [2.45, 2.75) is 33.1 Å². The lowest BCUT2D eigenvalue weighted by Gasteiger charge is -2.13. The molecule has 1 amide bonds. The van der Waals surface area contributed by atoms with Crippen molar-refractivity contribution < 1.29 is 14.3 Å². The van der Waals surface area contributed by atoms with E-state index in [4.69, 9.17) is 5.11 Å². The molecular weight excluding hydrogens is 257 g/mol. The van der Waals surface area contributed by atoms with Crippen LogP contribution >= 0.6 is 0 Å². The van der Waals surface area contributed by atoms with Gasteiger partial charge in [-0.1, -0.05) is 25.7 Å². The van der Waals surface area contributed by atoms with Crippen LogP contribution < -0.4 is 5.32 Å². The fraction of sp³-hybridized carbons (Fsp3) is 0.438. The number of amides is 1. The molecule has 0 aliphatic carbocycles. The van der Waals surface area contributed by atoms with E-state index >= 15 is 0 Å². The van der Waals surface area contributed by atoms with E-state index in [9.17, 15) is 9.18 Å². The van der Waals surface area contributed by atoms with E-state index in [2.05, 4.69) is 17.2 Å². The summed E-state index contributed by atoms with van der Waals surface area (Å²) in [7, 11) is 0. The van der Waals surface area contributed by atoms with Gasteiger partial charge in [0.05, 0.1) is 12.2 Å². The van der Waals surface area contributed by atoms with Crippen LogP contribution in [0.4, 0.5) is 10.1 Å². The van der Waals surface area contributed by atoms with Crippen molar-refractivity contribution in [3.63, 3.8) is 0 Å². The average Bonchev–Trinajstić information content (AvgIpc) is 2.44. The summed E-state index contributed by atoms with van der Waals surface area (Å²) in [5.41, 5.74) is 0.761. The van der Waals surface area contributed by atoms with Crippen LogP contribution in [0.1, 0.15) is 38.7 Å². The van der Waals surface area contributed by atoms with E-state index < -0.39 is 5.82 Å². The Labute approximate surface area is 119 Å². The molecule has 0 spiro atoms. The number of aliphatic hydroxyl groups excluding tert-OH is 1. The number of anilines is 1. The molecule has 0 atom stereocenters. The predicted molar refractivity (Wildman–Crippen MR) is 77.7 cm³/mol. The number of aliphatic hydroxyl groups is 1. The van der Waals surface area contributed by atoms with Crippen LogP contribution in [0.15, 0.2) is 18.2 Å². The van der Waals surface area contributed by atoms with E-state index in [0.29, 0.717) is 12.1 Å². The maximum absolute atomic E-state index is 13.5. The average molecular weight is 277 g/mol. The fourth-order valence-electron chi connectivity index (χ4n) is 1.82. The van der Waals surface area contributed by atoms with Gasteiger partial charge in [0.25, 0.3) is 0 Å². The summed E-state index contributed by atoms with van der Waals surface area (Å²) in [6.45, 7) is 3.87. The van der Waals surface area contributed by atoms with E-state index in [-0.39, 0.29) is 24.0 Å². The first-order valence-electron chi connectivity index (χ1n) is 6.82. The second-order valence-corrected chi connectivity index (χ2v) is 4.47. The van der Waals surface area contributed by atoms with Crippen LogP contribution in [0.25, 0.3) is 0 Å². The molecule has 20 heavy (non-hydrogen) atoms. The maximum atomic E-state index is 13.5.